The third-order valence-electron chi connectivity index (χ3n) is 2.80. The van der Waals surface area contributed by atoms with Crippen LogP contribution >= 0.6 is 0 Å². The Labute approximate surface area is 108 Å². The van der Waals surface area contributed by atoms with Gasteiger partial charge in [0.05, 0.1) is 0 Å². The van der Waals surface area contributed by atoms with Gasteiger partial charge in [-0.2, -0.15) is 18.3 Å². The van der Waals surface area contributed by atoms with Crippen molar-refractivity contribution < 1.29 is 18.3 Å². The first-order chi connectivity index (χ1) is 8.93. The van der Waals surface area contributed by atoms with E-state index in [4.69, 9.17) is 0 Å². The zero-order valence-electron chi connectivity index (χ0n) is 10.3. The van der Waals surface area contributed by atoms with Gasteiger partial charge in [-0.05, 0) is 30.7 Å². The minimum Gasteiger partial charge on any atom is -0.508 e. The molecule has 0 bridgehead atoms. The van der Waals surface area contributed by atoms with Gasteiger partial charge in [0, 0.05) is 5.69 Å². The van der Waals surface area contributed by atoms with Gasteiger partial charge in [-0.25, -0.2) is 0 Å². The first-order valence-corrected chi connectivity index (χ1v) is 5.92. The fourth-order valence-electron chi connectivity index (χ4n) is 1.98. The topological polar surface area (TPSA) is 47.9 Å². The smallest absolute Gasteiger partial charge is 0.451 e. The maximum absolute atomic E-state index is 12.9. The number of phenolic OH excluding ortho intramolecular Hbond substituents is 1. The number of phenols is 1. The maximum atomic E-state index is 12.9. The lowest BCUT2D eigenvalue weighted by Crippen LogP contribution is -2.45. The minimum absolute atomic E-state index is 0.00782. The summed E-state index contributed by atoms with van der Waals surface area (Å²) < 4.78 is 38.8. The van der Waals surface area contributed by atoms with Crippen LogP contribution in [-0.4, -0.2) is 23.3 Å². The van der Waals surface area contributed by atoms with Gasteiger partial charge in [-0.1, -0.05) is 13.3 Å². The molecule has 4 nitrogen and oxygen atoms in total. The molecule has 0 saturated heterocycles. The van der Waals surface area contributed by atoms with Crippen molar-refractivity contribution in [3.05, 3.63) is 24.3 Å². The Kier molecular flexibility index (Phi) is 3.55. The number of nitrogens with one attached hydrogen (secondary N) is 1. The molecule has 0 fully saturated rings. The molecular formula is C12H14F3N3O. The standard InChI is InChI=1S/C12H14F3N3O/c1-2-3-10-16-17-11(12(13,14)15)18(10)8-4-6-9(19)7-5-8/h4-7,10,16,19H,2-3H2,1H3. The van der Waals surface area contributed by atoms with Crippen LogP contribution in [0.5, 0.6) is 5.75 Å². The van der Waals surface area contributed by atoms with Crippen molar-refractivity contribution in [2.45, 2.75) is 32.1 Å². The van der Waals surface area contributed by atoms with E-state index in [1.807, 2.05) is 6.92 Å². The number of aromatic hydroxyl groups is 1. The minimum atomic E-state index is -4.52. The van der Waals surface area contributed by atoms with Crippen LogP contribution in [0.15, 0.2) is 29.4 Å². The molecule has 7 heteroatoms. The molecule has 1 unspecified atom stereocenters. The van der Waals surface area contributed by atoms with Crippen molar-refractivity contribution in [1.29, 1.82) is 0 Å². The van der Waals surface area contributed by atoms with E-state index in [1.165, 1.54) is 24.3 Å². The summed E-state index contributed by atoms with van der Waals surface area (Å²) in [4.78, 5) is 1.11. The predicted molar refractivity (Wildman–Crippen MR) is 65.9 cm³/mol. The number of amidine groups is 1. The van der Waals surface area contributed by atoms with Gasteiger partial charge < -0.3 is 5.11 Å². The molecule has 2 rings (SSSR count). The van der Waals surface area contributed by atoms with Crippen LogP contribution in [0.3, 0.4) is 0 Å². The Morgan fingerprint density at radius 3 is 2.47 bits per heavy atom. The molecule has 0 saturated carbocycles. The van der Waals surface area contributed by atoms with Crippen molar-refractivity contribution in [2.24, 2.45) is 5.10 Å². The van der Waals surface area contributed by atoms with E-state index < -0.39 is 18.2 Å². The molecule has 0 spiro atoms. The number of hydrogen-bond acceptors (Lipinski definition) is 4. The number of rotatable bonds is 3. The van der Waals surface area contributed by atoms with Gasteiger partial charge in [0.1, 0.15) is 11.9 Å². The molecule has 2 N–H and O–H groups in total. The van der Waals surface area contributed by atoms with E-state index in [-0.39, 0.29) is 5.75 Å². The molecule has 0 amide bonds. The Morgan fingerprint density at radius 1 is 1.32 bits per heavy atom. The Bertz CT molecular complexity index is 470. The highest BCUT2D eigenvalue weighted by atomic mass is 19.4. The lowest BCUT2D eigenvalue weighted by molar-refractivity contribution is -0.0598. The second-order valence-electron chi connectivity index (χ2n) is 4.25. The summed E-state index contributed by atoms with van der Waals surface area (Å²) >= 11 is 0. The predicted octanol–water partition coefficient (Wildman–Crippen LogP) is 2.80. The van der Waals surface area contributed by atoms with E-state index in [9.17, 15) is 18.3 Å². The number of benzene rings is 1. The zero-order valence-corrected chi connectivity index (χ0v) is 10.3. The summed E-state index contributed by atoms with van der Waals surface area (Å²) in [6.07, 6.45) is -3.78. The van der Waals surface area contributed by atoms with Gasteiger partial charge in [0.2, 0.25) is 5.84 Å². The summed E-state index contributed by atoms with van der Waals surface area (Å²) in [7, 11) is 0. The third-order valence-corrected chi connectivity index (χ3v) is 2.80. The highest BCUT2D eigenvalue weighted by Crippen LogP contribution is 2.30. The molecule has 19 heavy (non-hydrogen) atoms. The molecule has 0 radical (unpaired) electrons. The maximum Gasteiger partial charge on any atom is 0.451 e. The lowest BCUT2D eigenvalue weighted by Gasteiger charge is -2.27. The van der Waals surface area contributed by atoms with Gasteiger partial charge in [0.25, 0.3) is 0 Å². The van der Waals surface area contributed by atoms with Crippen LogP contribution in [0.25, 0.3) is 0 Å². The quantitative estimate of drug-likeness (QED) is 0.890. The fraction of sp³-hybridized carbons (Fsp3) is 0.417. The third kappa shape index (κ3) is 2.74. The molecule has 1 aromatic rings. The molecule has 1 heterocycles. The number of anilines is 1. The van der Waals surface area contributed by atoms with Crippen molar-refractivity contribution in [3.8, 4) is 5.75 Å². The summed E-state index contributed by atoms with van der Waals surface area (Å²) in [6.45, 7) is 1.89. The van der Waals surface area contributed by atoms with E-state index >= 15 is 0 Å². The number of hydrogen-bond donors (Lipinski definition) is 2. The second-order valence-corrected chi connectivity index (χ2v) is 4.25. The molecule has 0 aliphatic carbocycles. The van der Waals surface area contributed by atoms with Crippen LogP contribution in [0.1, 0.15) is 19.8 Å². The first-order valence-electron chi connectivity index (χ1n) is 5.92. The van der Waals surface area contributed by atoms with Gasteiger partial charge in [-0.15, -0.1) is 0 Å². The average molecular weight is 273 g/mol. The zero-order chi connectivity index (χ0) is 14.0. The van der Waals surface area contributed by atoms with E-state index in [0.29, 0.717) is 12.1 Å². The normalized spacial score (nSPS) is 19.3. The SMILES string of the molecule is CCCC1NN=C(C(F)(F)F)N1c1ccc(O)cc1. The highest BCUT2D eigenvalue weighted by Gasteiger charge is 2.46. The van der Waals surface area contributed by atoms with Crippen LogP contribution in [-0.2, 0) is 0 Å². The Morgan fingerprint density at radius 2 is 1.95 bits per heavy atom. The van der Waals surface area contributed by atoms with Crippen LogP contribution < -0.4 is 10.3 Å². The first kappa shape index (κ1) is 13.5. The van der Waals surface area contributed by atoms with Crippen LogP contribution in [0, 0.1) is 0 Å². The lowest BCUT2D eigenvalue weighted by atomic mass is 10.2. The fourth-order valence-corrected chi connectivity index (χ4v) is 1.98. The summed E-state index contributed by atoms with van der Waals surface area (Å²) in [5.41, 5.74) is 2.85. The number of nitrogens with zero attached hydrogens (tertiary/aromatic N) is 2. The summed E-state index contributed by atoms with van der Waals surface area (Å²) in [5, 5.41) is 12.6. The summed E-state index contributed by atoms with van der Waals surface area (Å²) in [6, 6.07) is 5.58. The van der Waals surface area contributed by atoms with Gasteiger partial charge >= 0.3 is 6.18 Å². The van der Waals surface area contributed by atoms with Crippen LogP contribution in [0.2, 0.25) is 0 Å². The van der Waals surface area contributed by atoms with Crippen molar-refractivity contribution in [3.63, 3.8) is 0 Å². The number of hydrazone groups is 1. The second kappa shape index (κ2) is 4.99. The Balaban J connectivity index is 2.34. The Hall–Kier alpha value is -1.92. The highest BCUT2D eigenvalue weighted by molar-refractivity contribution is 6.03. The van der Waals surface area contributed by atoms with E-state index in [0.717, 1.165) is 11.3 Å². The molecule has 1 atom stereocenters. The van der Waals surface area contributed by atoms with Crippen LogP contribution in [0.4, 0.5) is 18.9 Å². The average Bonchev–Trinajstić information content (AvgIpc) is 2.74. The monoisotopic (exact) mass is 273 g/mol. The van der Waals surface area contributed by atoms with Crippen molar-refractivity contribution in [2.75, 3.05) is 4.90 Å². The van der Waals surface area contributed by atoms with Gasteiger partial charge in [-0.3, -0.25) is 10.3 Å². The molecule has 1 aliphatic rings. The number of alkyl halides is 3. The van der Waals surface area contributed by atoms with E-state index in [2.05, 4.69) is 10.5 Å². The van der Waals surface area contributed by atoms with E-state index in [1.54, 1.807) is 0 Å². The largest absolute Gasteiger partial charge is 0.508 e. The number of halogens is 3. The van der Waals surface area contributed by atoms with Crippen molar-refractivity contribution in [1.82, 2.24) is 5.43 Å². The molecule has 104 valence electrons. The van der Waals surface area contributed by atoms with Crippen molar-refractivity contribution >= 4 is 11.5 Å². The van der Waals surface area contributed by atoms with Gasteiger partial charge in [0.15, 0.2) is 0 Å². The molecule has 0 aromatic heterocycles. The molecule has 1 aliphatic heterocycles. The molecule has 1 aromatic carbocycles. The molecular weight excluding hydrogens is 259 g/mol. The summed E-state index contributed by atoms with van der Waals surface area (Å²) in [5.74, 6) is -0.954.